The molecule has 3 saturated carbocycles. The number of halogens is 2. The number of hydrogen-bond acceptors (Lipinski definition) is 7. The molecule has 9 nitrogen and oxygen atoms in total. The van der Waals surface area contributed by atoms with E-state index in [2.05, 4.69) is 30.8 Å². The number of amides is 1. The fourth-order valence-corrected chi connectivity index (χ4v) is 5.57. The van der Waals surface area contributed by atoms with Crippen LogP contribution in [0.2, 0.25) is 5.02 Å². The molecule has 184 valence electrons. The highest BCUT2D eigenvalue weighted by Gasteiger charge is 2.52. The Bertz CT molecular complexity index is 1270. The summed E-state index contributed by atoms with van der Waals surface area (Å²) in [5.74, 6) is -0.445. The van der Waals surface area contributed by atoms with Gasteiger partial charge < -0.3 is 15.4 Å². The minimum Gasteiger partial charge on any atom is -0.469 e. The number of methoxy groups -OCH3 is 1. The van der Waals surface area contributed by atoms with Crippen LogP contribution in [0.15, 0.2) is 24.5 Å². The molecule has 1 aromatic carbocycles. The monoisotopic (exact) mass is 500 g/mol. The molecule has 0 atom stereocenters. The summed E-state index contributed by atoms with van der Waals surface area (Å²) >= 11 is 5.81. The Balaban J connectivity index is 1.26. The number of carbonyl (C=O) groups excluding carboxylic acids is 2. The molecule has 0 radical (unpaired) electrons. The predicted octanol–water partition coefficient (Wildman–Crippen LogP) is 4.00. The largest absolute Gasteiger partial charge is 0.469 e. The molecule has 0 saturated heterocycles. The van der Waals surface area contributed by atoms with Crippen LogP contribution in [0, 0.1) is 16.6 Å². The van der Waals surface area contributed by atoms with Gasteiger partial charge in [0.05, 0.1) is 17.5 Å². The SMILES string of the molecule is COC(=O)C12CCC(CNc3n[nH]c4c(C(=O)NCc5ccc(F)c(Cl)c5)ncnc34)(CC1)CC2. The van der Waals surface area contributed by atoms with Crippen molar-refractivity contribution in [1.29, 1.82) is 0 Å². The number of fused-ring (bicyclic) bond motifs is 4. The second-order valence-electron chi connectivity index (χ2n) is 9.57. The summed E-state index contributed by atoms with van der Waals surface area (Å²) in [5, 5.41) is 13.4. The van der Waals surface area contributed by atoms with Crippen LogP contribution in [0.25, 0.3) is 11.0 Å². The van der Waals surface area contributed by atoms with E-state index in [4.69, 9.17) is 16.3 Å². The van der Waals surface area contributed by atoms with Crippen molar-refractivity contribution in [2.75, 3.05) is 19.0 Å². The number of hydrogen-bond donors (Lipinski definition) is 3. The third-order valence-electron chi connectivity index (χ3n) is 7.65. The lowest BCUT2D eigenvalue weighted by molar-refractivity contribution is -0.162. The third kappa shape index (κ3) is 4.31. The van der Waals surface area contributed by atoms with E-state index in [0.717, 1.165) is 38.5 Å². The average molecular weight is 501 g/mol. The van der Waals surface area contributed by atoms with Crippen molar-refractivity contribution in [3.8, 4) is 0 Å². The second-order valence-corrected chi connectivity index (χ2v) is 9.98. The third-order valence-corrected chi connectivity index (χ3v) is 7.94. The Morgan fingerprint density at radius 3 is 2.60 bits per heavy atom. The lowest BCUT2D eigenvalue weighted by atomic mass is 9.53. The van der Waals surface area contributed by atoms with Crippen molar-refractivity contribution in [3.63, 3.8) is 0 Å². The van der Waals surface area contributed by atoms with Crippen molar-refractivity contribution < 1.29 is 18.7 Å². The molecular weight excluding hydrogens is 475 g/mol. The Morgan fingerprint density at radius 1 is 1.17 bits per heavy atom. The average Bonchev–Trinajstić information content (AvgIpc) is 3.32. The van der Waals surface area contributed by atoms with E-state index in [-0.39, 0.29) is 34.1 Å². The summed E-state index contributed by atoms with van der Waals surface area (Å²) < 4.78 is 18.4. The first-order valence-electron chi connectivity index (χ1n) is 11.6. The number of benzene rings is 1. The number of anilines is 1. The van der Waals surface area contributed by atoms with Gasteiger partial charge in [0.2, 0.25) is 0 Å². The van der Waals surface area contributed by atoms with Gasteiger partial charge in [-0.05, 0) is 61.6 Å². The first-order chi connectivity index (χ1) is 16.8. The normalized spacial score (nSPS) is 23.3. The van der Waals surface area contributed by atoms with Crippen molar-refractivity contribution in [2.45, 2.75) is 45.1 Å². The summed E-state index contributed by atoms with van der Waals surface area (Å²) in [5.41, 5.74) is 1.58. The number of rotatable bonds is 7. The molecule has 3 aliphatic rings. The highest BCUT2D eigenvalue weighted by atomic mass is 35.5. The van der Waals surface area contributed by atoms with Crippen LogP contribution >= 0.6 is 11.6 Å². The molecule has 2 bridgehead atoms. The molecule has 35 heavy (non-hydrogen) atoms. The van der Waals surface area contributed by atoms with Gasteiger partial charge in [0, 0.05) is 13.1 Å². The van der Waals surface area contributed by atoms with E-state index in [1.54, 1.807) is 6.07 Å². The van der Waals surface area contributed by atoms with Crippen molar-refractivity contribution >= 4 is 40.3 Å². The highest BCUT2D eigenvalue weighted by Crippen LogP contribution is 2.57. The lowest BCUT2D eigenvalue weighted by Gasteiger charge is -2.51. The standard InChI is InChI=1S/C24H26ClFN6O3/c1-35-22(34)24-7-4-23(5-8-24,6-9-24)12-28-20-18-17(31-32-20)19(30-13-29-18)21(33)27-11-14-2-3-16(26)15(25)10-14/h2-3,10,13H,4-9,11-12H2,1H3,(H,27,33)(H2,28,31,32). The van der Waals surface area contributed by atoms with Crippen LogP contribution in [0.3, 0.4) is 0 Å². The van der Waals surface area contributed by atoms with Gasteiger partial charge >= 0.3 is 5.97 Å². The maximum absolute atomic E-state index is 13.4. The van der Waals surface area contributed by atoms with E-state index in [9.17, 15) is 14.0 Å². The molecule has 3 aliphatic carbocycles. The van der Waals surface area contributed by atoms with Crippen molar-refractivity contribution in [2.24, 2.45) is 10.8 Å². The summed E-state index contributed by atoms with van der Waals surface area (Å²) in [4.78, 5) is 33.5. The van der Waals surface area contributed by atoms with Crippen molar-refractivity contribution in [3.05, 3.63) is 46.6 Å². The summed E-state index contributed by atoms with van der Waals surface area (Å²) in [6, 6.07) is 4.28. The van der Waals surface area contributed by atoms with E-state index in [1.165, 1.54) is 25.6 Å². The molecule has 0 aliphatic heterocycles. The number of H-pyrrole nitrogens is 1. The molecule has 0 spiro atoms. The minimum absolute atomic E-state index is 0.00292. The molecule has 0 unspecified atom stereocenters. The summed E-state index contributed by atoms with van der Waals surface area (Å²) in [6.07, 6.45) is 6.71. The van der Waals surface area contributed by atoms with E-state index < -0.39 is 11.7 Å². The number of ether oxygens (including phenoxy) is 1. The van der Waals surface area contributed by atoms with Crippen LogP contribution in [0.5, 0.6) is 0 Å². The molecule has 1 amide bonds. The van der Waals surface area contributed by atoms with Crippen molar-refractivity contribution in [1.82, 2.24) is 25.5 Å². The lowest BCUT2D eigenvalue weighted by Crippen LogP contribution is -2.48. The predicted molar refractivity (Wildman–Crippen MR) is 127 cm³/mol. The number of nitrogens with zero attached hydrogens (tertiary/aromatic N) is 3. The minimum atomic E-state index is -0.513. The van der Waals surface area contributed by atoms with Crippen LogP contribution in [-0.2, 0) is 16.1 Å². The van der Waals surface area contributed by atoms with E-state index in [1.807, 2.05) is 0 Å². The molecule has 2 aromatic heterocycles. The second kappa shape index (κ2) is 9.07. The van der Waals surface area contributed by atoms with E-state index in [0.29, 0.717) is 29.0 Å². The Labute approximate surface area is 206 Å². The van der Waals surface area contributed by atoms with Gasteiger partial charge in [-0.3, -0.25) is 14.7 Å². The van der Waals surface area contributed by atoms with Crippen LogP contribution in [0.4, 0.5) is 10.2 Å². The molecule has 3 N–H and O–H groups in total. The van der Waals surface area contributed by atoms with Gasteiger partial charge in [0.15, 0.2) is 11.5 Å². The van der Waals surface area contributed by atoms with Gasteiger partial charge in [-0.2, -0.15) is 5.10 Å². The maximum atomic E-state index is 13.4. The Hall–Kier alpha value is -3.27. The van der Waals surface area contributed by atoms with Gasteiger partial charge in [-0.25, -0.2) is 14.4 Å². The number of aromatic amines is 1. The fourth-order valence-electron chi connectivity index (χ4n) is 5.37. The smallest absolute Gasteiger partial charge is 0.311 e. The first-order valence-corrected chi connectivity index (χ1v) is 12.0. The van der Waals surface area contributed by atoms with Crippen LogP contribution < -0.4 is 10.6 Å². The zero-order valence-corrected chi connectivity index (χ0v) is 20.0. The molecule has 6 rings (SSSR count). The Kier molecular flexibility index (Phi) is 6.08. The number of esters is 1. The van der Waals surface area contributed by atoms with Crippen LogP contribution in [-0.4, -0.2) is 45.7 Å². The first kappa shape index (κ1) is 23.5. The molecule has 3 aromatic rings. The molecule has 11 heteroatoms. The van der Waals surface area contributed by atoms with E-state index >= 15 is 0 Å². The Morgan fingerprint density at radius 2 is 1.91 bits per heavy atom. The van der Waals surface area contributed by atoms with Gasteiger partial charge in [0.1, 0.15) is 23.2 Å². The summed E-state index contributed by atoms with van der Waals surface area (Å²) in [6.45, 7) is 0.875. The zero-order valence-electron chi connectivity index (χ0n) is 19.3. The summed E-state index contributed by atoms with van der Waals surface area (Å²) in [7, 11) is 1.46. The number of nitrogens with one attached hydrogen (secondary N) is 3. The topological polar surface area (TPSA) is 122 Å². The maximum Gasteiger partial charge on any atom is 0.311 e. The van der Waals surface area contributed by atoms with Gasteiger partial charge in [0.25, 0.3) is 5.91 Å². The number of aromatic nitrogens is 4. The molecular formula is C24H26ClFN6O3. The molecule has 3 fully saturated rings. The number of carbonyl (C=O) groups is 2. The van der Waals surface area contributed by atoms with Gasteiger partial charge in [-0.1, -0.05) is 17.7 Å². The molecule has 2 heterocycles. The zero-order chi connectivity index (χ0) is 24.6. The van der Waals surface area contributed by atoms with Gasteiger partial charge in [-0.15, -0.1) is 0 Å². The van der Waals surface area contributed by atoms with Crippen LogP contribution in [0.1, 0.15) is 54.6 Å². The highest BCUT2D eigenvalue weighted by molar-refractivity contribution is 6.30. The fraction of sp³-hybridized carbons (Fsp3) is 0.458. The quantitative estimate of drug-likeness (QED) is 0.419.